The monoisotopic (exact) mass is 428 g/mol. The average Bonchev–Trinajstić information content (AvgIpc) is 3.31. The summed E-state index contributed by atoms with van der Waals surface area (Å²) in [6.45, 7) is 4.67. The van der Waals surface area contributed by atoms with Crippen LogP contribution in [0.15, 0.2) is 0 Å². The third-order valence-corrected chi connectivity index (χ3v) is 8.23. The second-order valence-corrected chi connectivity index (χ2v) is 9.95. The normalized spacial score (nSPS) is 27.9. The molecule has 2 rings (SSSR count). The second-order valence-electron chi connectivity index (χ2n) is 8.74. The fourth-order valence-electron chi connectivity index (χ4n) is 5.04. The van der Waals surface area contributed by atoms with Crippen LogP contribution in [0.1, 0.15) is 58.8 Å². The molecular formula is C21H36N2O5S. The number of rotatable bonds is 10. The van der Waals surface area contributed by atoms with Crippen LogP contribution in [-0.2, 0) is 19.1 Å². The number of esters is 1. The molecule has 0 bridgehead atoms. The first-order valence-electron chi connectivity index (χ1n) is 10.7. The SMILES string of the molecule is COC(=O)[C@H](CSC(C1CCCC1)C1C(C)CCC1C)NC(=O)[C@@H](N)CC(=O)O. The Bertz CT molecular complexity index is 571. The van der Waals surface area contributed by atoms with Gasteiger partial charge in [-0.3, -0.25) is 9.59 Å². The molecule has 7 nitrogen and oxygen atoms in total. The lowest BCUT2D eigenvalue weighted by Gasteiger charge is -2.35. The number of hydrogen-bond acceptors (Lipinski definition) is 6. The first-order valence-corrected chi connectivity index (χ1v) is 11.8. The fourth-order valence-corrected chi connectivity index (χ4v) is 6.98. The Balaban J connectivity index is 2.06. The molecule has 0 aromatic carbocycles. The van der Waals surface area contributed by atoms with E-state index in [0.717, 1.165) is 0 Å². The number of carboxylic acids is 1. The number of nitrogens with two attached hydrogens (primary N) is 1. The summed E-state index contributed by atoms with van der Waals surface area (Å²) in [7, 11) is 1.29. The smallest absolute Gasteiger partial charge is 0.329 e. The van der Waals surface area contributed by atoms with E-state index in [1.165, 1.54) is 45.6 Å². The zero-order valence-corrected chi connectivity index (χ0v) is 18.6. The van der Waals surface area contributed by atoms with Gasteiger partial charge >= 0.3 is 11.9 Å². The van der Waals surface area contributed by atoms with Crippen LogP contribution in [0.3, 0.4) is 0 Å². The molecular weight excluding hydrogens is 392 g/mol. The molecule has 0 saturated heterocycles. The zero-order valence-electron chi connectivity index (χ0n) is 17.8. The highest BCUT2D eigenvalue weighted by Crippen LogP contribution is 2.48. The van der Waals surface area contributed by atoms with E-state index in [1.807, 2.05) is 0 Å². The van der Waals surface area contributed by atoms with Gasteiger partial charge < -0.3 is 20.9 Å². The zero-order chi connectivity index (χ0) is 21.6. The summed E-state index contributed by atoms with van der Waals surface area (Å²) in [5, 5.41) is 11.9. The van der Waals surface area contributed by atoms with Gasteiger partial charge in [-0.15, -0.1) is 0 Å². The van der Waals surface area contributed by atoms with Crippen molar-refractivity contribution >= 4 is 29.6 Å². The summed E-state index contributed by atoms with van der Waals surface area (Å²) in [6, 6.07) is -2.02. The van der Waals surface area contributed by atoms with Crippen molar-refractivity contribution in [3.05, 3.63) is 0 Å². The number of hydrogen-bond donors (Lipinski definition) is 3. The average molecular weight is 429 g/mol. The molecule has 5 atom stereocenters. The molecule has 4 N–H and O–H groups in total. The van der Waals surface area contributed by atoms with E-state index >= 15 is 0 Å². The van der Waals surface area contributed by atoms with Crippen LogP contribution in [0.25, 0.3) is 0 Å². The highest BCUT2D eigenvalue weighted by molar-refractivity contribution is 8.00. The van der Waals surface area contributed by atoms with E-state index < -0.39 is 36.4 Å². The molecule has 3 unspecified atom stereocenters. The lowest BCUT2D eigenvalue weighted by atomic mass is 9.82. The maximum Gasteiger partial charge on any atom is 0.329 e. The van der Waals surface area contributed by atoms with Gasteiger partial charge in [-0.25, -0.2) is 4.79 Å². The molecule has 0 spiro atoms. The van der Waals surface area contributed by atoms with Gasteiger partial charge in [0.25, 0.3) is 0 Å². The standard InChI is InChI=1S/C21H36N2O5S/c1-12-8-9-13(2)18(12)19(14-6-4-5-7-14)29-11-16(21(27)28-3)23-20(26)15(22)10-17(24)25/h12-16,18-19H,4-11,22H2,1-3H3,(H,23,26)(H,24,25)/t12?,13?,15-,16-,18?,19?/m0/s1. The highest BCUT2D eigenvalue weighted by Gasteiger charge is 2.41. The highest BCUT2D eigenvalue weighted by atomic mass is 32.2. The van der Waals surface area contributed by atoms with Crippen molar-refractivity contribution in [2.24, 2.45) is 29.4 Å². The number of thioether (sulfide) groups is 1. The Morgan fingerprint density at radius 3 is 2.24 bits per heavy atom. The minimum Gasteiger partial charge on any atom is -0.481 e. The third kappa shape index (κ3) is 6.60. The molecule has 29 heavy (non-hydrogen) atoms. The summed E-state index contributed by atoms with van der Waals surface area (Å²) in [6.07, 6.45) is 7.00. The maximum absolute atomic E-state index is 12.3. The number of ether oxygens (including phenoxy) is 1. The van der Waals surface area contributed by atoms with E-state index in [-0.39, 0.29) is 0 Å². The van der Waals surface area contributed by atoms with E-state index in [4.69, 9.17) is 15.6 Å². The molecule has 0 heterocycles. The predicted octanol–water partition coefficient (Wildman–Crippen LogP) is 2.42. The molecule has 0 aromatic rings. The number of nitrogens with one attached hydrogen (secondary N) is 1. The molecule has 0 aromatic heterocycles. The van der Waals surface area contributed by atoms with E-state index in [9.17, 15) is 14.4 Å². The number of carboxylic acid groups (broad SMARTS) is 1. The van der Waals surface area contributed by atoms with Crippen molar-refractivity contribution < 1.29 is 24.2 Å². The maximum atomic E-state index is 12.3. The number of carbonyl (C=O) groups is 3. The summed E-state index contributed by atoms with van der Waals surface area (Å²) >= 11 is 1.77. The molecule has 2 aliphatic rings. The van der Waals surface area contributed by atoms with Crippen molar-refractivity contribution in [3.63, 3.8) is 0 Å². The van der Waals surface area contributed by atoms with Gasteiger partial charge in [0.1, 0.15) is 6.04 Å². The van der Waals surface area contributed by atoms with Crippen LogP contribution < -0.4 is 11.1 Å². The lowest BCUT2D eigenvalue weighted by Crippen LogP contribution is -2.50. The molecule has 1 amide bonds. The topological polar surface area (TPSA) is 119 Å². The van der Waals surface area contributed by atoms with Gasteiger partial charge in [-0.2, -0.15) is 11.8 Å². The Morgan fingerprint density at radius 1 is 1.14 bits per heavy atom. The molecule has 0 radical (unpaired) electrons. The molecule has 2 saturated carbocycles. The summed E-state index contributed by atoms with van der Waals surface area (Å²) in [4.78, 5) is 35.3. The number of aliphatic carboxylic acids is 1. The van der Waals surface area contributed by atoms with Crippen molar-refractivity contribution in [3.8, 4) is 0 Å². The van der Waals surface area contributed by atoms with E-state index in [1.54, 1.807) is 11.8 Å². The summed E-state index contributed by atoms with van der Waals surface area (Å²) < 4.78 is 4.88. The molecule has 2 aliphatic carbocycles. The largest absolute Gasteiger partial charge is 0.481 e. The van der Waals surface area contributed by atoms with Crippen molar-refractivity contribution in [2.75, 3.05) is 12.9 Å². The fraction of sp³-hybridized carbons (Fsp3) is 0.857. The van der Waals surface area contributed by atoms with Crippen LogP contribution in [0.5, 0.6) is 0 Å². The van der Waals surface area contributed by atoms with Gasteiger partial charge in [-0.1, -0.05) is 39.5 Å². The molecule has 0 aliphatic heterocycles. The van der Waals surface area contributed by atoms with Crippen LogP contribution in [0, 0.1) is 23.7 Å². The van der Waals surface area contributed by atoms with Crippen LogP contribution in [0.2, 0.25) is 0 Å². The Morgan fingerprint density at radius 2 is 1.72 bits per heavy atom. The van der Waals surface area contributed by atoms with Crippen molar-refractivity contribution in [1.29, 1.82) is 0 Å². The first-order chi connectivity index (χ1) is 13.7. The minimum atomic E-state index is -1.19. The number of amides is 1. The van der Waals surface area contributed by atoms with E-state index in [0.29, 0.717) is 34.7 Å². The molecule has 2 fully saturated rings. The lowest BCUT2D eigenvalue weighted by molar-refractivity contribution is -0.144. The van der Waals surface area contributed by atoms with E-state index in [2.05, 4.69) is 19.2 Å². The van der Waals surface area contributed by atoms with Crippen LogP contribution in [-0.4, -0.2) is 53.1 Å². The molecule has 166 valence electrons. The van der Waals surface area contributed by atoms with Gasteiger partial charge in [0.15, 0.2) is 0 Å². The summed E-state index contributed by atoms with van der Waals surface area (Å²) in [5.41, 5.74) is 5.65. The van der Waals surface area contributed by atoms with Gasteiger partial charge in [-0.05, 0) is 36.5 Å². The quantitative estimate of drug-likeness (QED) is 0.457. The Kier molecular flexibility index (Phi) is 9.27. The minimum absolute atomic E-state index is 0.412. The Hall–Kier alpha value is -1.28. The number of carbonyl (C=O) groups excluding carboxylic acids is 2. The number of methoxy groups -OCH3 is 1. The second kappa shape index (κ2) is 11.2. The van der Waals surface area contributed by atoms with Gasteiger partial charge in [0.05, 0.1) is 19.6 Å². The first kappa shape index (κ1) is 24.0. The molecule has 8 heteroatoms. The van der Waals surface area contributed by atoms with Crippen LogP contribution in [0.4, 0.5) is 0 Å². The summed E-state index contributed by atoms with van der Waals surface area (Å²) in [5.74, 6) is 0.700. The van der Waals surface area contributed by atoms with Gasteiger partial charge in [0, 0.05) is 11.0 Å². The third-order valence-electron chi connectivity index (χ3n) is 6.62. The Labute approximate surface area is 177 Å². The van der Waals surface area contributed by atoms with Crippen molar-refractivity contribution in [2.45, 2.75) is 76.1 Å². The van der Waals surface area contributed by atoms with Crippen LogP contribution >= 0.6 is 11.8 Å². The van der Waals surface area contributed by atoms with Crippen molar-refractivity contribution in [1.82, 2.24) is 5.32 Å². The predicted molar refractivity (Wildman–Crippen MR) is 113 cm³/mol. The van der Waals surface area contributed by atoms with Gasteiger partial charge in [0.2, 0.25) is 5.91 Å².